The lowest BCUT2D eigenvalue weighted by Gasteiger charge is -2.07. The highest BCUT2D eigenvalue weighted by Crippen LogP contribution is 2.16. The van der Waals surface area contributed by atoms with Crippen molar-refractivity contribution < 1.29 is 0 Å². The summed E-state index contributed by atoms with van der Waals surface area (Å²) in [4.78, 5) is 16.6. The van der Waals surface area contributed by atoms with Gasteiger partial charge in [-0.25, -0.2) is 15.0 Å². The maximum absolute atomic E-state index is 4.24. The third-order valence-corrected chi connectivity index (χ3v) is 2.62. The van der Waals surface area contributed by atoms with Gasteiger partial charge in [-0.1, -0.05) is 0 Å². The number of nitrogens with zero attached hydrogens (tertiary/aromatic N) is 4. The van der Waals surface area contributed by atoms with Crippen LogP contribution in [0.5, 0.6) is 0 Å². The summed E-state index contributed by atoms with van der Waals surface area (Å²) < 4.78 is 0. The van der Waals surface area contributed by atoms with Crippen LogP contribution in [0.3, 0.4) is 0 Å². The predicted molar refractivity (Wildman–Crippen MR) is 68.9 cm³/mol. The molecule has 0 amide bonds. The minimum absolute atomic E-state index is 0.698. The average Bonchev–Trinajstić information content (AvgIpc) is 2.46. The summed E-state index contributed by atoms with van der Waals surface area (Å²) in [5.74, 6) is 0.796. The fourth-order valence-electron chi connectivity index (χ4n) is 1.72. The number of nitrogens with one attached hydrogen (secondary N) is 1. The molecule has 5 heteroatoms. The van der Waals surface area contributed by atoms with E-state index in [1.165, 1.54) is 6.33 Å². The number of pyridine rings is 2. The van der Waals surface area contributed by atoms with Crippen molar-refractivity contribution in [2.45, 2.75) is 6.54 Å². The van der Waals surface area contributed by atoms with Crippen molar-refractivity contribution >= 4 is 16.9 Å². The lowest BCUT2D eigenvalue weighted by Crippen LogP contribution is -2.02. The molecule has 0 radical (unpaired) electrons. The molecule has 0 bridgehead atoms. The molecule has 88 valence electrons. The zero-order valence-electron chi connectivity index (χ0n) is 9.61. The van der Waals surface area contributed by atoms with E-state index in [1.807, 2.05) is 24.3 Å². The van der Waals surface area contributed by atoms with Gasteiger partial charge < -0.3 is 5.32 Å². The fourth-order valence-corrected chi connectivity index (χ4v) is 1.72. The van der Waals surface area contributed by atoms with Crippen LogP contribution in [0.25, 0.3) is 11.0 Å². The van der Waals surface area contributed by atoms with Crippen LogP contribution >= 0.6 is 0 Å². The molecule has 18 heavy (non-hydrogen) atoms. The molecule has 0 saturated heterocycles. The minimum atomic E-state index is 0.698. The van der Waals surface area contributed by atoms with Crippen LogP contribution in [0, 0.1) is 0 Å². The molecule has 0 atom stereocenters. The van der Waals surface area contributed by atoms with E-state index < -0.39 is 0 Å². The number of aromatic nitrogens is 4. The maximum atomic E-state index is 4.24. The summed E-state index contributed by atoms with van der Waals surface area (Å²) in [6.07, 6.45) is 6.79. The zero-order chi connectivity index (χ0) is 12.2. The van der Waals surface area contributed by atoms with Crippen molar-refractivity contribution in [1.82, 2.24) is 19.9 Å². The van der Waals surface area contributed by atoms with Crippen LogP contribution in [0.2, 0.25) is 0 Å². The largest absolute Gasteiger partial charge is 0.365 e. The van der Waals surface area contributed by atoms with Crippen LogP contribution < -0.4 is 5.32 Å². The zero-order valence-corrected chi connectivity index (χ0v) is 9.61. The number of hydrogen-bond acceptors (Lipinski definition) is 5. The highest BCUT2D eigenvalue weighted by atomic mass is 15.0. The average molecular weight is 237 g/mol. The van der Waals surface area contributed by atoms with Crippen LogP contribution in [0.15, 0.2) is 49.2 Å². The van der Waals surface area contributed by atoms with Gasteiger partial charge in [-0.2, -0.15) is 0 Å². The van der Waals surface area contributed by atoms with Gasteiger partial charge in [-0.15, -0.1) is 0 Å². The van der Waals surface area contributed by atoms with Crippen LogP contribution in [-0.2, 0) is 6.54 Å². The summed E-state index contributed by atoms with van der Waals surface area (Å²) in [6.45, 7) is 0.698. The molecular weight excluding hydrogens is 226 g/mol. The molecule has 0 aliphatic heterocycles. The summed E-state index contributed by atoms with van der Waals surface area (Å²) in [7, 11) is 0. The van der Waals surface area contributed by atoms with Gasteiger partial charge in [0.25, 0.3) is 0 Å². The van der Waals surface area contributed by atoms with E-state index in [4.69, 9.17) is 0 Å². The molecular formula is C13H11N5. The fraction of sp³-hybridized carbons (Fsp3) is 0.0769. The Bertz CT molecular complexity index is 648. The van der Waals surface area contributed by atoms with Crippen LogP contribution in [0.1, 0.15) is 5.56 Å². The van der Waals surface area contributed by atoms with Gasteiger partial charge in [0.1, 0.15) is 12.1 Å². The molecule has 0 aliphatic carbocycles. The molecule has 1 N–H and O–H groups in total. The van der Waals surface area contributed by atoms with E-state index in [9.17, 15) is 0 Å². The first-order valence-corrected chi connectivity index (χ1v) is 5.62. The highest BCUT2D eigenvalue weighted by molar-refractivity contribution is 5.85. The predicted octanol–water partition coefficient (Wildman–Crippen LogP) is 2.03. The standard InChI is InChI=1S/C13H11N5/c1-2-11-12(15-5-1)17-9-18-13(11)16-8-10-3-6-14-7-4-10/h1-7,9H,8H2,(H,15,16,17,18). The second-order valence-corrected chi connectivity index (χ2v) is 3.81. The lowest BCUT2D eigenvalue weighted by atomic mass is 10.2. The van der Waals surface area contributed by atoms with E-state index >= 15 is 0 Å². The number of fused-ring (bicyclic) bond motifs is 1. The van der Waals surface area contributed by atoms with Gasteiger partial charge in [0.05, 0.1) is 5.39 Å². The van der Waals surface area contributed by atoms with Crippen molar-refractivity contribution in [2.24, 2.45) is 0 Å². The Labute approximate surface area is 104 Å². The number of hydrogen-bond donors (Lipinski definition) is 1. The van der Waals surface area contributed by atoms with E-state index in [1.54, 1.807) is 18.6 Å². The monoisotopic (exact) mass is 237 g/mol. The van der Waals surface area contributed by atoms with Crippen molar-refractivity contribution in [3.8, 4) is 0 Å². The minimum Gasteiger partial charge on any atom is -0.365 e. The lowest BCUT2D eigenvalue weighted by molar-refractivity contribution is 1.08. The summed E-state index contributed by atoms with van der Waals surface area (Å²) in [5.41, 5.74) is 1.85. The SMILES string of the molecule is c1cnc2ncnc(NCc3ccncc3)c2c1. The molecule has 0 fully saturated rings. The van der Waals surface area contributed by atoms with Gasteiger partial charge in [0.2, 0.25) is 0 Å². The molecule has 5 nitrogen and oxygen atoms in total. The molecule has 0 aliphatic rings. The van der Waals surface area contributed by atoms with Gasteiger partial charge in [-0.3, -0.25) is 4.98 Å². The van der Waals surface area contributed by atoms with Crippen LogP contribution in [0.4, 0.5) is 5.82 Å². The van der Waals surface area contributed by atoms with E-state index in [2.05, 4.69) is 25.3 Å². The van der Waals surface area contributed by atoms with E-state index in [0.29, 0.717) is 12.2 Å². The topological polar surface area (TPSA) is 63.6 Å². The summed E-state index contributed by atoms with van der Waals surface area (Å²) in [6, 6.07) is 7.77. The molecule has 0 unspecified atom stereocenters. The number of anilines is 1. The third-order valence-electron chi connectivity index (χ3n) is 2.62. The Balaban J connectivity index is 1.87. The molecule has 3 rings (SSSR count). The van der Waals surface area contributed by atoms with Crippen molar-refractivity contribution in [3.63, 3.8) is 0 Å². The Morgan fingerprint density at radius 2 is 1.83 bits per heavy atom. The van der Waals surface area contributed by atoms with E-state index in [0.717, 1.165) is 16.8 Å². The summed E-state index contributed by atoms with van der Waals surface area (Å²) >= 11 is 0. The second-order valence-electron chi connectivity index (χ2n) is 3.81. The summed E-state index contributed by atoms with van der Waals surface area (Å²) in [5, 5.41) is 4.21. The van der Waals surface area contributed by atoms with Gasteiger partial charge >= 0.3 is 0 Å². The van der Waals surface area contributed by atoms with Crippen molar-refractivity contribution in [1.29, 1.82) is 0 Å². The van der Waals surface area contributed by atoms with Crippen LogP contribution in [-0.4, -0.2) is 19.9 Å². The van der Waals surface area contributed by atoms with E-state index in [-0.39, 0.29) is 0 Å². The second kappa shape index (κ2) is 4.75. The maximum Gasteiger partial charge on any atom is 0.164 e. The van der Waals surface area contributed by atoms with Crippen molar-refractivity contribution in [2.75, 3.05) is 5.32 Å². The molecule has 3 heterocycles. The quantitative estimate of drug-likeness (QED) is 0.755. The first-order valence-electron chi connectivity index (χ1n) is 5.62. The van der Waals surface area contributed by atoms with Gasteiger partial charge in [0, 0.05) is 25.1 Å². The normalized spacial score (nSPS) is 10.4. The molecule has 0 aromatic carbocycles. The van der Waals surface area contributed by atoms with Gasteiger partial charge in [-0.05, 0) is 29.8 Å². The Morgan fingerprint density at radius 3 is 2.72 bits per heavy atom. The Kier molecular flexibility index (Phi) is 2.79. The molecule has 0 spiro atoms. The Morgan fingerprint density at radius 1 is 0.944 bits per heavy atom. The number of rotatable bonds is 3. The molecule has 3 aromatic rings. The first-order chi connectivity index (χ1) is 8.93. The smallest absolute Gasteiger partial charge is 0.164 e. The third kappa shape index (κ3) is 2.10. The Hall–Kier alpha value is -2.56. The van der Waals surface area contributed by atoms with Gasteiger partial charge in [0.15, 0.2) is 5.65 Å². The molecule has 0 saturated carbocycles. The first kappa shape index (κ1) is 10.6. The molecule has 3 aromatic heterocycles. The van der Waals surface area contributed by atoms with Crippen molar-refractivity contribution in [3.05, 3.63) is 54.7 Å². The highest BCUT2D eigenvalue weighted by Gasteiger charge is 2.02.